The number of para-hydroxylation sites is 2. The van der Waals surface area contributed by atoms with E-state index in [1.54, 1.807) is 6.20 Å². The van der Waals surface area contributed by atoms with Crippen molar-refractivity contribution in [3.05, 3.63) is 40.4 Å². The van der Waals surface area contributed by atoms with E-state index < -0.39 is 0 Å². The van der Waals surface area contributed by atoms with Crippen molar-refractivity contribution in [2.45, 2.75) is 10.2 Å². The highest BCUT2D eigenvalue weighted by atomic mass is 127. The molecule has 0 fully saturated rings. The summed E-state index contributed by atoms with van der Waals surface area (Å²) in [5.74, 6) is 0. The Morgan fingerprint density at radius 2 is 2.12 bits per heavy atom. The van der Waals surface area contributed by atoms with Gasteiger partial charge in [-0.2, -0.15) is 0 Å². The van der Waals surface area contributed by atoms with Gasteiger partial charge >= 0.3 is 0 Å². The molecule has 0 atom stereocenters. The summed E-state index contributed by atoms with van der Waals surface area (Å²) in [4.78, 5) is 12.5. The molecule has 0 aliphatic heterocycles. The van der Waals surface area contributed by atoms with Gasteiger partial charge in [-0.05, 0) is 46.5 Å². The Morgan fingerprint density at radius 3 is 2.94 bits per heavy atom. The van der Waals surface area contributed by atoms with Gasteiger partial charge in [0.15, 0.2) is 5.58 Å². The quantitative estimate of drug-likeness (QED) is 0.521. The first-order valence-electron chi connectivity index (χ1n) is 4.82. The van der Waals surface area contributed by atoms with Crippen LogP contribution in [0.1, 0.15) is 0 Å². The molecule has 84 valence electrons. The van der Waals surface area contributed by atoms with Gasteiger partial charge in [0.1, 0.15) is 16.9 Å². The first-order chi connectivity index (χ1) is 8.33. The van der Waals surface area contributed by atoms with Gasteiger partial charge in [-0.1, -0.05) is 12.1 Å². The van der Waals surface area contributed by atoms with E-state index in [1.165, 1.54) is 18.1 Å². The fourth-order valence-corrected chi connectivity index (χ4v) is 2.68. The topological polar surface area (TPSA) is 51.8 Å². The summed E-state index contributed by atoms with van der Waals surface area (Å²) < 4.78 is 6.60. The first-order valence-corrected chi connectivity index (χ1v) is 6.71. The lowest BCUT2D eigenvalue weighted by Gasteiger charge is -1.96. The molecule has 0 saturated heterocycles. The lowest BCUT2D eigenvalue weighted by atomic mass is 10.3. The lowest BCUT2D eigenvalue weighted by Crippen LogP contribution is -1.86. The van der Waals surface area contributed by atoms with E-state index in [9.17, 15) is 0 Å². The molecule has 17 heavy (non-hydrogen) atoms. The predicted molar refractivity (Wildman–Crippen MR) is 72.9 cm³/mol. The highest BCUT2D eigenvalue weighted by molar-refractivity contribution is 14.1. The van der Waals surface area contributed by atoms with E-state index in [0.717, 1.165) is 19.7 Å². The van der Waals surface area contributed by atoms with E-state index in [-0.39, 0.29) is 0 Å². The molecule has 3 rings (SSSR count). The zero-order chi connectivity index (χ0) is 11.7. The number of aromatic nitrogens is 3. The number of nitrogens with zero attached hydrogens (tertiary/aromatic N) is 3. The van der Waals surface area contributed by atoms with Crippen LogP contribution in [0.5, 0.6) is 0 Å². The Labute approximate surface area is 115 Å². The molecule has 0 amide bonds. The molecule has 0 aliphatic rings. The maximum atomic E-state index is 5.62. The highest BCUT2D eigenvalue weighted by Gasteiger charge is 2.10. The summed E-state index contributed by atoms with van der Waals surface area (Å²) in [6.07, 6.45) is 3.28. The van der Waals surface area contributed by atoms with Gasteiger partial charge in [0, 0.05) is 6.20 Å². The van der Waals surface area contributed by atoms with Gasteiger partial charge in [-0.25, -0.2) is 15.0 Å². The molecule has 0 spiro atoms. The van der Waals surface area contributed by atoms with Crippen molar-refractivity contribution in [1.82, 2.24) is 15.0 Å². The fourth-order valence-electron chi connectivity index (χ4n) is 1.35. The van der Waals surface area contributed by atoms with Crippen molar-refractivity contribution < 1.29 is 4.42 Å². The van der Waals surface area contributed by atoms with Crippen LogP contribution in [0.15, 0.2) is 51.5 Å². The van der Waals surface area contributed by atoms with Crippen LogP contribution in [-0.4, -0.2) is 15.0 Å². The molecule has 0 aliphatic carbocycles. The van der Waals surface area contributed by atoms with Crippen molar-refractivity contribution in [1.29, 1.82) is 0 Å². The summed E-state index contributed by atoms with van der Waals surface area (Å²) in [6, 6.07) is 7.69. The highest BCUT2D eigenvalue weighted by Crippen LogP contribution is 2.30. The molecule has 4 nitrogen and oxygen atoms in total. The van der Waals surface area contributed by atoms with Crippen LogP contribution in [0, 0.1) is 3.57 Å². The third-order valence-electron chi connectivity index (χ3n) is 2.09. The second-order valence-corrected chi connectivity index (χ2v) is 5.33. The summed E-state index contributed by atoms with van der Waals surface area (Å²) in [5, 5.41) is 1.45. The second-order valence-electron chi connectivity index (χ2n) is 3.23. The van der Waals surface area contributed by atoms with Gasteiger partial charge in [-0.15, -0.1) is 0 Å². The van der Waals surface area contributed by atoms with Gasteiger partial charge in [0.2, 0.25) is 0 Å². The molecule has 3 aromatic rings. The van der Waals surface area contributed by atoms with E-state index in [2.05, 4.69) is 37.5 Å². The number of hydrogen-bond acceptors (Lipinski definition) is 5. The van der Waals surface area contributed by atoms with Crippen LogP contribution < -0.4 is 0 Å². The molecule has 0 N–H and O–H groups in total. The van der Waals surface area contributed by atoms with E-state index in [4.69, 9.17) is 4.42 Å². The predicted octanol–water partition coefficient (Wildman–Crippen LogP) is 3.37. The number of benzene rings is 1. The Balaban J connectivity index is 1.98. The van der Waals surface area contributed by atoms with Crippen molar-refractivity contribution in [3.8, 4) is 0 Å². The molecule has 0 unspecified atom stereocenters. The van der Waals surface area contributed by atoms with Gasteiger partial charge in [0.05, 0.1) is 3.57 Å². The molecule has 2 heterocycles. The first kappa shape index (κ1) is 11.0. The zero-order valence-corrected chi connectivity index (χ0v) is 11.5. The van der Waals surface area contributed by atoms with Crippen LogP contribution >= 0.6 is 34.4 Å². The standard InChI is InChI=1S/C11H6IN3OS/c12-7-5-13-6-14-10(7)17-11-15-8-3-1-2-4-9(8)16-11/h1-6H. The Kier molecular flexibility index (Phi) is 2.98. The SMILES string of the molecule is Ic1cncnc1Sc1nc2ccccc2o1. The minimum absolute atomic E-state index is 0.600. The Hall–Kier alpha value is -1.15. The molecule has 0 saturated carbocycles. The van der Waals surface area contributed by atoms with Crippen LogP contribution in [0.4, 0.5) is 0 Å². The second kappa shape index (κ2) is 4.61. The number of oxazole rings is 1. The van der Waals surface area contributed by atoms with Crippen LogP contribution in [-0.2, 0) is 0 Å². The fraction of sp³-hybridized carbons (Fsp3) is 0. The average molecular weight is 355 g/mol. The van der Waals surface area contributed by atoms with Crippen LogP contribution in [0.2, 0.25) is 0 Å². The maximum Gasteiger partial charge on any atom is 0.263 e. The number of halogens is 1. The average Bonchev–Trinajstić information content (AvgIpc) is 2.74. The van der Waals surface area contributed by atoms with E-state index >= 15 is 0 Å². The molecule has 2 aromatic heterocycles. The van der Waals surface area contributed by atoms with Crippen molar-refractivity contribution in [2.75, 3.05) is 0 Å². The maximum absolute atomic E-state index is 5.62. The molecule has 0 bridgehead atoms. The third-order valence-corrected chi connectivity index (χ3v) is 4.12. The summed E-state index contributed by atoms with van der Waals surface area (Å²) in [5.41, 5.74) is 1.65. The molecular formula is C11H6IN3OS. The number of hydrogen-bond donors (Lipinski definition) is 0. The van der Waals surface area contributed by atoms with Crippen molar-refractivity contribution >= 4 is 45.5 Å². The molecule has 6 heteroatoms. The summed E-state index contributed by atoms with van der Waals surface area (Å²) in [7, 11) is 0. The van der Waals surface area contributed by atoms with Crippen molar-refractivity contribution in [2.24, 2.45) is 0 Å². The normalized spacial score (nSPS) is 10.9. The Bertz CT molecular complexity index is 637. The Morgan fingerprint density at radius 1 is 1.24 bits per heavy atom. The van der Waals surface area contributed by atoms with E-state index in [1.807, 2.05) is 24.3 Å². The minimum atomic E-state index is 0.600. The largest absolute Gasteiger partial charge is 0.431 e. The lowest BCUT2D eigenvalue weighted by molar-refractivity contribution is 0.489. The van der Waals surface area contributed by atoms with Crippen molar-refractivity contribution in [3.63, 3.8) is 0 Å². The summed E-state index contributed by atoms with van der Waals surface area (Å²) >= 11 is 3.59. The minimum Gasteiger partial charge on any atom is -0.431 e. The molecule has 1 aromatic carbocycles. The van der Waals surface area contributed by atoms with E-state index in [0.29, 0.717) is 5.22 Å². The monoisotopic (exact) mass is 355 g/mol. The molecule has 0 radical (unpaired) electrons. The smallest absolute Gasteiger partial charge is 0.263 e. The van der Waals surface area contributed by atoms with Gasteiger partial charge in [0.25, 0.3) is 5.22 Å². The third kappa shape index (κ3) is 2.27. The summed E-state index contributed by atoms with van der Waals surface area (Å²) in [6.45, 7) is 0. The molecular weight excluding hydrogens is 349 g/mol. The number of rotatable bonds is 2. The van der Waals surface area contributed by atoms with Crippen LogP contribution in [0.25, 0.3) is 11.1 Å². The zero-order valence-electron chi connectivity index (χ0n) is 8.50. The van der Waals surface area contributed by atoms with Gasteiger partial charge in [-0.3, -0.25) is 0 Å². The number of fused-ring (bicyclic) bond motifs is 1. The van der Waals surface area contributed by atoms with Crippen LogP contribution in [0.3, 0.4) is 0 Å². The van der Waals surface area contributed by atoms with Gasteiger partial charge < -0.3 is 4.42 Å².